The summed E-state index contributed by atoms with van der Waals surface area (Å²) in [7, 11) is 1.57. The van der Waals surface area contributed by atoms with Crippen LogP contribution in [0.3, 0.4) is 0 Å². The number of nitrogens with one attached hydrogen (secondary N) is 2. The fraction of sp³-hybridized carbons (Fsp3) is 0.500. The van der Waals surface area contributed by atoms with Crippen LogP contribution in [0.25, 0.3) is 0 Å². The molecule has 1 aromatic carbocycles. The van der Waals surface area contributed by atoms with Crippen molar-refractivity contribution in [1.29, 1.82) is 0 Å². The number of anilines is 1. The summed E-state index contributed by atoms with van der Waals surface area (Å²) in [4.78, 5) is 11.8. The molecule has 112 valence electrons. The van der Waals surface area contributed by atoms with Gasteiger partial charge in [-0.15, -0.1) is 0 Å². The van der Waals surface area contributed by atoms with Gasteiger partial charge >= 0.3 is 0 Å². The molecule has 0 aromatic heterocycles. The average Bonchev–Trinajstić information content (AvgIpc) is 2.40. The highest BCUT2D eigenvalue weighted by atomic mass is 19.1. The molecule has 0 heterocycles. The highest BCUT2D eigenvalue weighted by molar-refractivity contribution is 5.92. The SMILES string of the molecule is COCC(C)(CCO)NCC(=O)Nc1ccc(F)cc1. The van der Waals surface area contributed by atoms with Gasteiger partial charge in [0.25, 0.3) is 0 Å². The molecule has 1 atom stereocenters. The standard InChI is InChI=1S/C14H21FN2O3/c1-14(7-8-18,10-20-2)16-9-13(19)17-12-5-3-11(15)4-6-12/h3-6,16,18H,7-10H2,1-2H3,(H,17,19). The van der Waals surface area contributed by atoms with E-state index >= 15 is 0 Å². The van der Waals surface area contributed by atoms with E-state index < -0.39 is 5.54 Å². The molecule has 1 aromatic rings. The summed E-state index contributed by atoms with van der Waals surface area (Å²) in [5, 5.41) is 14.7. The fourth-order valence-electron chi connectivity index (χ4n) is 1.81. The van der Waals surface area contributed by atoms with Crippen LogP contribution >= 0.6 is 0 Å². The minimum absolute atomic E-state index is 0.00639. The third-order valence-corrected chi connectivity index (χ3v) is 2.93. The van der Waals surface area contributed by atoms with E-state index in [2.05, 4.69) is 10.6 Å². The third-order valence-electron chi connectivity index (χ3n) is 2.93. The van der Waals surface area contributed by atoms with E-state index in [4.69, 9.17) is 9.84 Å². The number of hydrogen-bond donors (Lipinski definition) is 3. The summed E-state index contributed by atoms with van der Waals surface area (Å²) < 4.78 is 17.8. The van der Waals surface area contributed by atoms with Gasteiger partial charge in [0.15, 0.2) is 0 Å². The topological polar surface area (TPSA) is 70.6 Å². The Morgan fingerprint density at radius 1 is 1.40 bits per heavy atom. The largest absolute Gasteiger partial charge is 0.396 e. The van der Waals surface area contributed by atoms with Crippen LogP contribution in [-0.2, 0) is 9.53 Å². The quantitative estimate of drug-likeness (QED) is 0.669. The first-order chi connectivity index (χ1) is 9.49. The molecule has 0 aliphatic heterocycles. The zero-order valence-electron chi connectivity index (χ0n) is 11.8. The van der Waals surface area contributed by atoms with Gasteiger partial charge in [0.1, 0.15) is 5.82 Å². The second-order valence-electron chi connectivity index (χ2n) is 4.88. The van der Waals surface area contributed by atoms with Gasteiger partial charge in [0.05, 0.1) is 13.2 Å². The Kier molecular flexibility index (Phi) is 6.57. The second kappa shape index (κ2) is 7.94. The molecular formula is C14H21FN2O3. The minimum Gasteiger partial charge on any atom is -0.396 e. The smallest absolute Gasteiger partial charge is 0.238 e. The number of benzene rings is 1. The Balaban J connectivity index is 2.47. The summed E-state index contributed by atoms with van der Waals surface area (Å²) in [5.41, 5.74) is 0.0673. The van der Waals surface area contributed by atoms with E-state index in [1.165, 1.54) is 24.3 Å². The second-order valence-corrected chi connectivity index (χ2v) is 4.88. The van der Waals surface area contributed by atoms with Crippen molar-refractivity contribution in [3.05, 3.63) is 30.1 Å². The van der Waals surface area contributed by atoms with Crippen LogP contribution in [0.15, 0.2) is 24.3 Å². The van der Waals surface area contributed by atoms with Crippen LogP contribution in [0.4, 0.5) is 10.1 Å². The molecule has 0 saturated heterocycles. The first-order valence-electron chi connectivity index (χ1n) is 6.39. The van der Waals surface area contributed by atoms with Gasteiger partial charge in [-0.1, -0.05) is 0 Å². The molecule has 20 heavy (non-hydrogen) atoms. The van der Waals surface area contributed by atoms with Crippen molar-refractivity contribution in [3.63, 3.8) is 0 Å². The van der Waals surface area contributed by atoms with Crippen molar-refractivity contribution in [3.8, 4) is 0 Å². The molecule has 1 unspecified atom stereocenters. The Hall–Kier alpha value is -1.50. The van der Waals surface area contributed by atoms with Crippen molar-refractivity contribution in [2.24, 2.45) is 0 Å². The zero-order chi connectivity index (χ0) is 15.0. The van der Waals surface area contributed by atoms with Crippen LogP contribution in [0.5, 0.6) is 0 Å². The van der Waals surface area contributed by atoms with E-state index in [1.807, 2.05) is 6.92 Å². The Morgan fingerprint density at radius 2 is 2.05 bits per heavy atom. The Labute approximate surface area is 118 Å². The number of hydrogen-bond acceptors (Lipinski definition) is 4. The third kappa shape index (κ3) is 5.64. The summed E-state index contributed by atoms with van der Waals surface area (Å²) in [5.74, 6) is -0.589. The molecule has 1 amide bonds. The van der Waals surface area contributed by atoms with Gasteiger partial charge in [-0.25, -0.2) is 4.39 Å². The van der Waals surface area contributed by atoms with E-state index in [9.17, 15) is 9.18 Å². The van der Waals surface area contributed by atoms with Crippen molar-refractivity contribution >= 4 is 11.6 Å². The number of aliphatic hydroxyl groups excluding tert-OH is 1. The van der Waals surface area contributed by atoms with Crippen LogP contribution in [0.1, 0.15) is 13.3 Å². The lowest BCUT2D eigenvalue weighted by Crippen LogP contribution is -2.49. The predicted octanol–water partition coefficient (Wildman–Crippen LogP) is 1.14. The average molecular weight is 284 g/mol. The summed E-state index contributed by atoms with van der Waals surface area (Å²) in [6, 6.07) is 5.55. The number of ether oxygens (including phenoxy) is 1. The van der Waals surface area contributed by atoms with Gasteiger partial charge < -0.3 is 20.5 Å². The maximum Gasteiger partial charge on any atom is 0.238 e. The number of carbonyl (C=O) groups is 1. The van der Waals surface area contributed by atoms with Crippen molar-refractivity contribution < 1.29 is 19.0 Å². The van der Waals surface area contributed by atoms with Gasteiger partial charge in [-0.2, -0.15) is 0 Å². The van der Waals surface area contributed by atoms with Gasteiger partial charge in [-0.05, 0) is 37.6 Å². The molecule has 0 aliphatic rings. The summed E-state index contributed by atoms with van der Waals surface area (Å²) in [6.45, 7) is 2.35. The molecule has 0 saturated carbocycles. The summed E-state index contributed by atoms with van der Waals surface area (Å²) >= 11 is 0. The van der Waals surface area contributed by atoms with Crippen LogP contribution in [0.2, 0.25) is 0 Å². The highest BCUT2D eigenvalue weighted by Gasteiger charge is 2.23. The van der Waals surface area contributed by atoms with Crippen LogP contribution in [-0.4, -0.2) is 43.4 Å². The predicted molar refractivity (Wildman–Crippen MR) is 75.0 cm³/mol. The van der Waals surface area contributed by atoms with Gasteiger partial charge in [-0.3, -0.25) is 4.79 Å². The van der Waals surface area contributed by atoms with E-state index in [0.717, 1.165) is 0 Å². The number of aliphatic hydroxyl groups is 1. The van der Waals surface area contributed by atoms with E-state index in [0.29, 0.717) is 18.7 Å². The first-order valence-corrected chi connectivity index (χ1v) is 6.39. The highest BCUT2D eigenvalue weighted by Crippen LogP contribution is 2.10. The number of rotatable bonds is 8. The molecule has 3 N–H and O–H groups in total. The molecule has 0 spiro atoms. The van der Waals surface area contributed by atoms with Gasteiger partial charge in [0.2, 0.25) is 5.91 Å². The molecule has 5 nitrogen and oxygen atoms in total. The van der Waals surface area contributed by atoms with Crippen molar-refractivity contribution in [2.75, 3.05) is 32.2 Å². The van der Waals surface area contributed by atoms with Crippen molar-refractivity contribution in [2.45, 2.75) is 18.9 Å². The number of carbonyl (C=O) groups excluding carboxylic acids is 1. The molecule has 0 bridgehead atoms. The molecule has 1 rings (SSSR count). The number of halogens is 1. The lowest BCUT2D eigenvalue weighted by Gasteiger charge is -2.29. The summed E-state index contributed by atoms with van der Waals surface area (Å²) in [6.07, 6.45) is 0.477. The van der Waals surface area contributed by atoms with Crippen LogP contribution in [0, 0.1) is 5.82 Å². The van der Waals surface area contributed by atoms with Crippen LogP contribution < -0.4 is 10.6 Å². The van der Waals surface area contributed by atoms with Crippen molar-refractivity contribution in [1.82, 2.24) is 5.32 Å². The molecule has 6 heteroatoms. The van der Waals surface area contributed by atoms with Gasteiger partial charge in [0, 0.05) is 24.9 Å². The minimum atomic E-state index is -0.469. The lowest BCUT2D eigenvalue weighted by atomic mass is 9.99. The number of methoxy groups -OCH3 is 1. The molecular weight excluding hydrogens is 263 g/mol. The van der Waals surface area contributed by atoms with E-state index in [-0.39, 0.29) is 24.9 Å². The molecule has 0 radical (unpaired) electrons. The normalized spacial score (nSPS) is 13.8. The Morgan fingerprint density at radius 3 is 2.60 bits per heavy atom. The molecule has 0 fully saturated rings. The lowest BCUT2D eigenvalue weighted by molar-refractivity contribution is -0.115. The Bertz CT molecular complexity index is 417. The first kappa shape index (κ1) is 16.6. The maximum atomic E-state index is 12.7. The maximum absolute atomic E-state index is 12.7. The van der Waals surface area contributed by atoms with E-state index in [1.54, 1.807) is 7.11 Å². The monoisotopic (exact) mass is 284 g/mol. The molecule has 0 aliphatic carbocycles. The number of amides is 1. The fourth-order valence-corrected chi connectivity index (χ4v) is 1.81. The zero-order valence-corrected chi connectivity index (χ0v) is 11.8.